The summed E-state index contributed by atoms with van der Waals surface area (Å²) in [6.45, 7) is 4.22. The highest BCUT2D eigenvalue weighted by Gasteiger charge is 2.14. The van der Waals surface area contributed by atoms with E-state index in [9.17, 15) is 4.79 Å². The van der Waals surface area contributed by atoms with Gasteiger partial charge in [-0.2, -0.15) is 0 Å². The Bertz CT molecular complexity index is 686. The van der Waals surface area contributed by atoms with Crippen LogP contribution in [0.2, 0.25) is 0 Å². The number of aromatic nitrogens is 2. The molecule has 3 rings (SSSR count). The van der Waals surface area contributed by atoms with E-state index in [1.165, 1.54) is 0 Å². The molecule has 1 aliphatic rings. The van der Waals surface area contributed by atoms with Gasteiger partial charge in [-0.3, -0.25) is 9.69 Å². The van der Waals surface area contributed by atoms with Crippen molar-refractivity contribution >= 4 is 22.7 Å². The van der Waals surface area contributed by atoms with Crippen LogP contribution in [0.4, 0.5) is 5.82 Å². The number of fused-ring (bicyclic) bond motifs is 1. The first-order chi connectivity index (χ1) is 11.2. The average Bonchev–Trinajstić information content (AvgIpc) is 2.55. The van der Waals surface area contributed by atoms with Crippen molar-refractivity contribution in [1.29, 1.82) is 0 Å². The maximum Gasteiger partial charge on any atom is 0.305 e. The van der Waals surface area contributed by atoms with Crippen molar-refractivity contribution in [3.05, 3.63) is 30.1 Å². The zero-order valence-corrected chi connectivity index (χ0v) is 12.9. The number of anilines is 1. The molecule has 0 saturated carbocycles. The summed E-state index contributed by atoms with van der Waals surface area (Å²) >= 11 is 0. The zero-order valence-electron chi connectivity index (χ0n) is 12.9. The predicted octanol–water partition coefficient (Wildman–Crippen LogP) is 1.35. The molecular formula is C16H20N4O3. The van der Waals surface area contributed by atoms with Crippen LogP contribution in [-0.2, 0) is 16.1 Å². The van der Waals surface area contributed by atoms with Gasteiger partial charge in [0.15, 0.2) is 0 Å². The second-order valence-corrected chi connectivity index (χ2v) is 5.46. The van der Waals surface area contributed by atoms with Crippen LogP contribution in [-0.4, -0.2) is 58.8 Å². The monoisotopic (exact) mass is 316 g/mol. The van der Waals surface area contributed by atoms with E-state index in [1.54, 1.807) is 0 Å². The highest BCUT2D eigenvalue weighted by atomic mass is 16.5. The fourth-order valence-electron chi connectivity index (χ4n) is 2.58. The molecule has 7 heteroatoms. The number of hydrogen-bond donors (Lipinski definition) is 2. The SMILES string of the molecule is O=C(O)CCNc1nc(CN2CCOCC2)nc2ccccc12. The number of carbonyl (C=O) groups is 1. The summed E-state index contributed by atoms with van der Waals surface area (Å²) in [4.78, 5) is 22.2. The molecule has 0 bridgehead atoms. The number of para-hydroxylation sites is 1. The zero-order chi connectivity index (χ0) is 16.1. The lowest BCUT2D eigenvalue weighted by atomic mass is 10.2. The molecule has 0 radical (unpaired) electrons. The number of carboxylic acids is 1. The van der Waals surface area contributed by atoms with E-state index in [0.717, 1.165) is 43.0 Å². The molecule has 0 unspecified atom stereocenters. The van der Waals surface area contributed by atoms with Crippen LogP contribution in [0.25, 0.3) is 10.9 Å². The Morgan fingerprint density at radius 2 is 2.04 bits per heavy atom. The van der Waals surface area contributed by atoms with E-state index in [-0.39, 0.29) is 6.42 Å². The third-order valence-corrected chi connectivity index (χ3v) is 3.75. The lowest BCUT2D eigenvalue weighted by molar-refractivity contribution is -0.136. The van der Waals surface area contributed by atoms with Crippen molar-refractivity contribution < 1.29 is 14.6 Å². The van der Waals surface area contributed by atoms with Gasteiger partial charge in [-0.1, -0.05) is 12.1 Å². The van der Waals surface area contributed by atoms with Crippen molar-refractivity contribution in [3.63, 3.8) is 0 Å². The third-order valence-electron chi connectivity index (χ3n) is 3.75. The Kier molecular flexibility index (Phi) is 4.99. The molecule has 2 N–H and O–H groups in total. The molecule has 2 heterocycles. The summed E-state index contributed by atoms with van der Waals surface area (Å²) < 4.78 is 5.36. The number of aliphatic carboxylic acids is 1. The van der Waals surface area contributed by atoms with E-state index in [2.05, 4.69) is 20.2 Å². The van der Waals surface area contributed by atoms with E-state index in [1.807, 2.05) is 24.3 Å². The van der Waals surface area contributed by atoms with Crippen molar-refractivity contribution in [2.45, 2.75) is 13.0 Å². The number of nitrogens with one attached hydrogen (secondary N) is 1. The van der Waals surface area contributed by atoms with Gasteiger partial charge in [0.1, 0.15) is 11.6 Å². The maximum atomic E-state index is 10.7. The lowest BCUT2D eigenvalue weighted by Gasteiger charge is -2.26. The van der Waals surface area contributed by atoms with Crippen LogP contribution >= 0.6 is 0 Å². The van der Waals surface area contributed by atoms with E-state index in [4.69, 9.17) is 9.84 Å². The maximum absolute atomic E-state index is 10.7. The van der Waals surface area contributed by atoms with Crippen molar-refractivity contribution in [3.8, 4) is 0 Å². The smallest absolute Gasteiger partial charge is 0.305 e. The first-order valence-corrected chi connectivity index (χ1v) is 7.74. The minimum absolute atomic E-state index is 0.0527. The molecule has 23 heavy (non-hydrogen) atoms. The molecule has 1 aromatic heterocycles. The molecular weight excluding hydrogens is 296 g/mol. The fraction of sp³-hybridized carbons (Fsp3) is 0.438. The minimum atomic E-state index is -0.829. The topological polar surface area (TPSA) is 87.6 Å². The van der Waals surface area contributed by atoms with Gasteiger partial charge in [-0.05, 0) is 12.1 Å². The molecule has 1 saturated heterocycles. The molecule has 0 aliphatic carbocycles. The van der Waals surface area contributed by atoms with Gasteiger partial charge in [-0.15, -0.1) is 0 Å². The number of ether oxygens (including phenoxy) is 1. The van der Waals surface area contributed by atoms with Crippen LogP contribution in [0.3, 0.4) is 0 Å². The van der Waals surface area contributed by atoms with Crippen molar-refractivity contribution in [2.24, 2.45) is 0 Å². The molecule has 7 nitrogen and oxygen atoms in total. The Morgan fingerprint density at radius 1 is 1.26 bits per heavy atom. The Labute approximate surface area is 134 Å². The summed E-state index contributed by atoms with van der Waals surface area (Å²) in [6, 6.07) is 7.75. The molecule has 122 valence electrons. The van der Waals surface area contributed by atoms with E-state index < -0.39 is 5.97 Å². The third kappa shape index (κ3) is 4.14. The van der Waals surface area contributed by atoms with Gasteiger partial charge < -0.3 is 15.2 Å². The second kappa shape index (κ2) is 7.34. The van der Waals surface area contributed by atoms with Crippen LogP contribution in [0.5, 0.6) is 0 Å². The van der Waals surface area contributed by atoms with Crippen molar-refractivity contribution in [2.75, 3.05) is 38.2 Å². The molecule has 1 fully saturated rings. The summed E-state index contributed by atoms with van der Waals surface area (Å²) in [7, 11) is 0. The molecule has 2 aromatic rings. The standard InChI is InChI=1S/C16H20N4O3/c21-15(22)5-6-17-16-12-3-1-2-4-13(12)18-14(19-16)11-20-7-9-23-10-8-20/h1-4H,5-11H2,(H,21,22)(H,17,18,19). The fourth-order valence-corrected chi connectivity index (χ4v) is 2.58. The van der Waals surface area contributed by atoms with Gasteiger partial charge in [0, 0.05) is 25.0 Å². The summed E-state index contributed by atoms with van der Waals surface area (Å²) in [6.07, 6.45) is 0.0527. The number of hydrogen-bond acceptors (Lipinski definition) is 6. The molecule has 0 spiro atoms. The number of nitrogens with zero attached hydrogens (tertiary/aromatic N) is 3. The molecule has 1 aromatic carbocycles. The molecule has 0 atom stereocenters. The number of rotatable bonds is 6. The van der Waals surface area contributed by atoms with Crippen LogP contribution in [0.1, 0.15) is 12.2 Å². The largest absolute Gasteiger partial charge is 0.481 e. The first kappa shape index (κ1) is 15.6. The van der Waals surface area contributed by atoms with E-state index >= 15 is 0 Å². The Balaban J connectivity index is 1.81. The number of carboxylic acid groups (broad SMARTS) is 1. The predicted molar refractivity (Wildman–Crippen MR) is 86.4 cm³/mol. The highest BCUT2D eigenvalue weighted by molar-refractivity contribution is 5.89. The van der Waals surface area contributed by atoms with Crippen LogP contribution in [0.15, 0.2) is 24.3 Å². The summed E-state index contributed by atoms with van der Waals surface area (Å²) in [5.41, 5.74) is 0.864. The second-order valence-electron chi connectivity index (χ2n) is 5.46. The first-order valence-electron chi connectivity index (χ1n) is 7.74. The van der Waals surface area contributed by atoms with Gasteiger partial charge in [0.2, 0.25) is 0 Å². The average molecular weight is 316 g/mol. The van der Waals surface area contributed by atoms with Gasteiger partial charge in [-0.25, -0.2) is 9.97 Å². The number of morpholine rings is 1. The Hall–Kier alpha value is -2.25. The summed E-state index contributed by atoms with van der Waals surface area (Å²) in [5, 5.41) is 12.8. The van der Waals surface area contributed by atoms with Crippen molar-refractivity contribution in [1.82, 2.24) is 14.9 Å². The van der Waals surface area contributed by atoms with Gasteiger partial charge in [0.25, 0.3) is 0 Å². The molecule has 1 aliphatic heterocycles. The molecule has 0 amide bonds. The van der Waals surface area contributed by atoms with Gasteiger partial charge >= 0.3 is 5.97 Å². The van der Waals surface area contributed by atoms with Crippen LogP contribution in [0, 0.1) is 0 Å². The quantitative estimate of drug-likeness (QED) is 0.831. The lowest BCUT2D eigenvalue weighted by Crippen LogP contribution is -2.36. The van der Waals surface area contributed by atoms with E-state index in [0.29, 0.717) is 18.9 Å². The minimum Gasteiger partial charge on any atom is -0.481 e. The number of benzene rings is 1. The van der Waals surface area contributed by atoms with Crippen LogP contribution < -0.4 is 5.32 Å². The summed E-state index contributed by atoms with van der Waals surface area (Å²) in [5.74, 6) is 0.605. The highest BCUT2D eigenvalue weighted by Crippen LogP contribution is 2.20. The van der Waals surface area contributed by atoms with Gasteiger partial charge in [0.05, 0.1) is 31.7 Å². The Morgan fingerprint density at radius 3 is 2.83 bits per heavy atom. The normalized spacial score (nSPS) is 15.7.